The molecule has 0 fully saturated rings. The van der Waals surface area contributed by atoms with Crippen molar-refractivity contribution in [3.8, 4) is 5.75 Å². The van der Waals surface area contributed by atoms with Crippen molar-refractivity contribution in [1.82, 2.24) is 0 Å². The first-order valence-corrected chi connectivity index (χ1v) is 9.01. The first-order valence-electron chi connectivity index (χ1n) is 9.01. The van der Waals surface area contributed by atoms with Crippen LogP contribution in [-0.4, -0.2) is 16.7 Å². The van der Waals surface area contributed by atoms with Crippen LogP contribution in [0.2, 0.25) is 0 Å². The number of nitro benzene ring substituents is 1. The van der Waals surface area contributed by atoms with Gasteiger partial charge in [-0.2, -0.15) is 0 Å². The second-order valence-corrected chi connectivity index (χ2v) is 6.42. The zero-order valence-corrected chi connectivity index (χ0v) is 16.1. The number of benzene rings is 3. The van der Waals surface area contributed by atoms with Crippen LogP contribution < -0.4 is 10.5 Å². The molecular formula is C22H19N3O5. The Morgan fingerprint density at radius 1 is 1.03 bits per heavy atom. The van der Waals surface area contributed by atoms with E-state index in [4.69, 9.17) is 15.3 Å². The lowest BCUT2D eigenvalue weighted by Crippen LogP contribution is -2.15. The SMILES string of the molecule is Cc1cc(OCc2cccc(C(=O)O/N=C(\N)c3ccccc3)c2)ccc1[N+](=O)[O-]. The molecule has 3 aromatic carbocycles. The van der Waals surface area contributed by atoms with Crippen molar-refractivity contribution in [2.24, 2.45) is 10.9 Å². The molecule has 0 radical (unpaired) electrons. The molecule has 0 saturated carbocycles. The molecule has 8 nitrogen and oxygen atoms in total. The van der Waals surface area contributed by atoms with Crippen LogP contribution in [0.5, 0.6) is 5.75 Å². The summed E-state index contributed by atoms with van der Waals surface area (Å²) in [6.07, 6.45) is 0. The number of nitrogens with two attached hydrogens (primary N) is 1. The molecule has 30 heavy (non-hydrogen) atoms. The topological polar surface area (TPSA) is 117 Å². The number of oxime groups is 1. The third kappa shape index (κ3) is 5.20. The van der Waals surface area contributed by atoms with Crippen LogP contribution in [0.15, 0.2) is 78.0 Å². The Morgan fingerprint density at radius 2 is 1.77 bits per heavy atom. The van der Waals surface area contributed by atoms with Gasteiger partial charge in [-0.25, -0.2) is 4.79 Å². The van der Waals surface area contributed by atoms with Gasteiger partial charge in [-0.05, 0) is 36.8 Å². The summed E-state index contributed by atoms with van der Waals surface area (Å²) < 4.78 is 5.68. The molecule has 0 aromatic heterocycles. The van der Waals surface area contributed by atoms with Crippen molar-refractivity contribution in [2.75, 3.05) is 0 Å². The number of amidine groups is 1. The number of carbonyl (C=O) groups excluding carboxylic acids is 1. The van der Waals surface area contributed by atoms with Crippen molar-refractivity contribution < 1.29 is 19.3 Å². The van der Waals surface area contributed by atoms with E-state index in [9.17, 15) is 14.9 Å². The zero-order chi connectivity index (χ0) is 21.5. The van der Waals surface area contributed by atoms with Gasteiger partial charge in [0.15, 0.2) is 5.84 Å². The number of rotatable bonds is 7. The predicted octanol–water partition coefficient (Wildman–Crippen LogP) is 3.96. The molecule has 0 amide bonds. The Balaban J connectivity index is 1.63. The fraction of sp³-hybridized carbons (Fsp3) is 0.0909. The second-order valence-electron chi connectivity index (χ2n) is 6.42. The van der Waals surface area contributed by atoms with Crippen LogP contribution in [0.25, 0.3) is 0 Å². The summed E-state index contributed by atoms with van der Waals surface area (Å²) in [4.78, 5) is 27.6. The van der Waals surface area contributed by atoms with Gasteiger partial charge in [0.25, 0.3) is 5.69 Å². The second kappa shape index (κ2) is 9.33. The van der Waals surface area contributed by atoms with E-state index in [1.54, 1.807) is 61.5 Å². The number of carbonyl (C=O) groups is 1. The molecule has 0 spiro atoms. The fourth-order valence-corrected chi connectivity index (χ4v) is 2.68. The van der Waals surface area contributed by atoms with Gasteiger partial charge < -0.3 is 15.3 Å². The minimum absolute atomic E-state index is 0.0300. The summed E-state index contributed by atoms with van der Waals surface area (Å²) >= 11 is 0. The minimum atomic E-state index is -0.651. The normalized spacial score (nSPS) is 11.0. The zero-order valence-electron chi connectivity index (χ0n) is 16.1. The molecule has 3 rings (SSSR count). The van der Waals surface area contributed by atoms with Gasteiger partial charge in [-0.1, -0.05) is 47.6 Å². The quantitative estimate of drug-likeness (QED) is 0.209. The van der Waals surface area contributed by atoms with Gasteiger partial charge in [0.2, 0.25) is 0 Å². The van der Waals surface area contributed by atoms with Gasteiger partial charge in [-0.15, -0.1) is 0 Å². The summed E-state index contributed by atoms with van der Waals surface area (Å²) in [7, 11) is 0. The van der Waals surface area contributed by atoms with Crippen molar-refractivity contribution >= 4 is 17.5 Å². The fourth-order valence-electron chi connectivity index (χ4n) is 2.68. The lowest BCUT2D eigenvalue weighted by atomic mass is 10.1. The molecule has 0 bridgehead atoms. The summed E-state index contributed by atoms with van der Waals surface area (Å²) in [6, 6.07) is 20.2. The highest BCUT2D eigenvalue weighted by atomic mass is 16.7. The van der Waals surface area contributed by atoms with Crippen molar-refractivity contribution in [2.45, 2.75) is 13.5 Å². The number of aryl methyl sites for hydroxylation is 1. The van der Waals surface area contributed by atoms with E-state index in [0.717, 1.165) is 5.56 Å². The number of ether oxygens (including phenoxy) is 1. The average Bonchev–Trinajstić information content (AvgIpc) is 2.76. The molecule has 8 heteroatoms. The lowest BCUT2D eigenvalue weighted by molar-refractivity contribution is -0.385. The molecular weight excluding hydrogens is 386 g/mol. The van der Waals surface area contributed by atoms with Crippen LogP contribution >= 0.6 is 0 Å². The van der Waals surface area contributed by atoms with Crippen LogP contribution in [0.3, 0.4) is 0 Å². The third-order valence-corrected chi connectivity index (χ3v) is 4.23. The summed E-state index contributed by atoms with van der Waals surface area (Å²) in [5.74, 6) is -0.0646. The Labute approximate surface area is 172 Å². The molecule has 0 heterocycles. The van der Waals surface area contributed by atoms with Crippen LogP contribution in [0.1, 0.15) is 27.0 Å². The average molecular weight is 405 g/mol. The highest BCUT2D eigenvalue weighted by Gasteiger charge is 2.12. The molecule has 0 aliphatic heterocycles. The smallest absolute Gasteiger partial charge is 0.365 e. The molecule has 0 atom stereocenters. The maximum Gasteiger partial charge on any atom is 0.365 e. The third-order valence-electron chi connectivity index (χ3n) is 4.23. The Hall–Kier alpha value is -4.20. The number of nitro groups is 1. The van der Waals surface area contributed by atoms with E-state index >= 15 is 0 Å². The maximum absolute atomic E-state index is 12.3. The van der Waals surface area contributed by atoms with Crippen molar-refractivity contribution in [1.29, 1.82) is 0 Å². The molecule has 0 aliphatic carbocycles. The van der Waals surface area contributed by atoms with E-state index in [-0.39, 0.29) is 18.1 Å². The summed E-state index contributed by atoms with van der Waals surface area (Å²) in [5, 5.41) is 14.6. The number of hydrogen-bond donors (Lipinski definition) is 1. The highest BCUT2D eigenvalue weighted by molar-refractivity contribution is 5.98. The van der Waals surface area contributed by atoms with Gasteiger partial charge >= 0.3 is 5.97 Å². The van der Waals surface area contributed by atoms with Gasteiger partial charge in [0.05, 0.1) is 10.5 Å². The van der Waals surface area contributed by atoms with Crippen molar-refractivity contribution in [3.63, 3.8) is 0 Å². The molecule has 3 aromatic rings. The Kier molecular flexibility index (Phi) is 6.39. The molecule has 0 saturated heterocycles. The Bertz CT molecular complexity index is 1100. The first-order chi connectivity index (χ1) is 14.4. The molecule has 0 unspecified atom stereocenters. The monoisotopic (exact) mass is 405 g/mol. The van der Waals surface area contributed by atoms with Crippen LogP contribution in [0, 0.1) is 17.0 Å². The number of nitrogens with zero attached hydrogens (tertiary/aromatic N) is 2. The van der Waals surface area contributed by atoms with Crippen molar-refractivity contribution in [3.05, 3.63) is 105 Å². The van der Waals surface area contributed by atoms with Crippen LogP contribution in [-0.2, 0) is 11.4 Å². The van der Waals surface area contributed by atoms with E-state index in [1.165, 1.54) is 12.1 Å². The molecule has 0 aliphatic rings. The summed E-state index contributed by atoms with van der Waals surface area (Å²) in [5.41, 5.74) is 8.01. The van der Waals surface area contributed by atoms with Gasteiger partial charge in [-0.3, -0.25) is 10.1 Å². The minimum Gasteiger partial charge on any atom is -0.489 e. The largest absolute Gasteiger partial charge is 0.489 e. The number of hydrogen-bond acceptors (Lipinski definition) is 6. The standard InChI is InChI=1S/C22H19N3O5/c1-15-12-19(10-11-20(15)25(27)28)29-14-16-6-5-9-18(13-16)22(26)30-24-21(23)17-7-3-2-4-8-17/h2-13H,14H2,1H3,(H2,23,24). The van der Waals surface area contributed by atoms with E-state index in [0.29, 0.717) is 22.4 Å². The lowest BCUT2D eigenvalue weighted by Gasteiger charge is -2.08. The van der Waals surface area contributed by atoms with Gasteiger partial charge in [0.1, 0.15) is 12.4 Å². The van der Waals surface area contributed by atoms with Gasteiger partial charge in [0, 0.05) is 17.2 Å². The molecule has 2 N–H and O–H groups in total. The van der Waals surface area contributed by atoms with E-state index < -0.39 is 10.9 Å². The Morgan fingerprint density at radius 3 is 2.47 bits per heavy atom. The molecule has 152 valence electrons. The predicted molar refractivity (Wildman–Crippen MR) is 111 cm³/mol. The van der Waals surface area contributed by atoms with E-state index in [2.05, 4.69) is 5.16 Å². The van der Waals surface area contributed by atoms with Crippen LogP contribution in [0.4, 0.5) is 5.69 Å². The summed E-state index contributed by atoms with van der Waals surface area (Å²) in [6.45, 7) is 1.82. The maximum atomic E-state index is 12.3. The highest BCUT2D eigenvalue weighted by Crippen LogP contribution is 2.23. The first kappa shape index (κ1) is 20.5. The van der Waals surface area contributed by atoms with E-state index in [1.807, 2.05) is 6.07 Å².